The summed E-state index contributed by atoms with van der Waals surface area (Å²) < 4.78 is 24.8. The molecule has 1 fully saturated rings. The highest BCUT2D eigenvalue weighted by molar-refractivity contribution is 7.44. The number of carbonyl (C=O) groups excluding carboxylic acids is 1. The molecule has 0 bridgehead atoms. The summed E-state index contributed by atoms with van der Waals surface area (Å²) in [7, 11) is 2.97. The lowest BCUT2D eigenvalue weighted by atomic mass is 10.1. The van der Waals surface area contributed by atoms with Crippen LogP contribution in [0.5, 0.6) is 0 Å². The molecule has 19 nitrogen and oxygen atoms in total. The number of aromatic nitrogens is 5. The molecule has 1 aliphatic rings. The van der Waals surface area contributed by atoms with E-state index in [-0.39, 0.29) is 29.0 Å². The van der Waals surface area contributed by atoms with Crippen LogP contribution in [0, 0.1) is 0 Å². The van der Waals surface area contributed by atoms with Gasteiger partial charge >= 0.3 is 0 Å². The van der Waals surface area contributed by atoms with E-state index in [1.807, 2.05) is 28.2 Å². The molecule has 1 saturated heterocycles. The Balaban J connectivity index is 0.991. The number of aromatic amines is 1. The molecule has 1 unspecified atom stereocenters. The van der Waals surface area contributed by atoms with Crippen LogP contribution in [0.4, 0.5) is 23.3 Å². The second-order valence-electron chi connectivity index (χ2n) is 14.6. The zero-order valence-corrected chi connectivity index (χ0v) is 33.3. The molecular weight excluding hydrogens is 759 g/mol. The van der Waals surface area contributed by atoms with Crippen molar-refractivity contribution in [1.29, 1.82) is 0 Å². The zero-order valence-electron chi connectivity index (χ0n) is 32.4. The Labute approximate surface area is 328 Å². The van der Waals surface area contributed by atoms with E-state index in [9.17, 15) is 29.3 Å². The highest BCUT2D eigenvalue weighted by Crippen LogP contribution is 2.37. The number of aliphatic hydroxyl groups is 2. The summed E-state index contributed by atoms with van der Waals surface area (Å²) in [5.41, 5.74) is 9.44. The number of phosphoric ester groups is 1. The predicted octanol–water partition coefficient (Wildman–Crippen LogP) is 1.09. The molecule has 308 valence electrons. The fourth-order valence-electron chi connectivity index (χ4n) is 7.00. The standard InChI is InChI=1S/C37H51N10O9P/c1-44(2)24-13-11-22-18-23-12-14-25(45(3)4)20-27(23)46(26(22)19-24)17-9-10-29(48)39-15-7-5-6-8-16-40-37-41-30-33(42-36(38)43-34(30)51)47(37)35-32(50)31(49)28(56-35)21-55-57(52,53)54/h11-14,18-20,28,31-32,35,49-50H,5-10,15-17,21H2,1-4H3,(H6-,38,39,40,41,42,43,48,51,52,53,54)/t28-,31-,32-,35-/m1/s1. The van der Waals surface area contributed by atoms with Crippen LogP contribution in [0.3, 0.4) is 0 Å². The largest absolute Gasteiger partial charge is 0.756 e. The first-order valence-corrected chi connectivity index (χ1v) is 20.3. The zero-order chi connectivity index (χ0) is 41.0. The minimum Gasteiger partial charge on any atom is -0.756 e. The summed E-state index contributed by atoms with van der Waals surface area (Å²) in [6.45, 7) is 0.860. The molecule has 5 atom stereocenters. The Morgan fingerprint density at radius 1 is 0.982 bits per heavy atom. The number of ether oxygens (including phenoxy) is 1. The van der Waals surface area contributed by atoms with Gasteiger partial charge in [0.2, 0.25) is 28.8 Å². The number of nitrogens with one attached hydrogen (secondary N) is 3. The SMILES string of the molecule is CN(C)c1ccc2cc3ccc(N(C)C)cc3[n+](CCCC(=O)NCCCCCCNc3nc4c(=O)[nH]c(N)nc4n3[C@@H]3O[C@H](COP(=O)([O-])O)[C@@H](O)[C@H]3O)c2c1. The molecule has 0 saturated carbocycles. The lowest BCUT2D eigenvalue weighted by Gasteiger charge is -2.21. The van der Waals surface area contributed by atoms with E-state index in [4.69, 9.17) is 15.4 Å². The minimum atomic E-state index is -5.13. The molecule has 4 heterocycles. The molecule has 3 aromatic heterocycles. The van der Waals surface area contributed by atoms with Crippen molar-refractivity contribution in [3.63, 3.8) is 0 Å². The number of carbonyl (C=O) groups is 1. The van der Waals surface area contributed by atoms with Crippen LogP contribution in [-0.2, 0) is 25.2 Å². The Morgan fingerprint density at radius 3 is 2.23 bits per heavy atom. The van der Waals surface area contributed by atoms with Crippen LogP contribution in [0.25, 0.3) is 33.0 Å². The first kappa shape index (κ1) is 41.7. The average molecular weight is 811 g/mol. The number of imidazole rings is 1. The van der Waals surface area contributed by atoms with Crippen molar-refractivity contribution in [1.82, 2.24) is 24.8 Å². The van der Waals surface area contributed by atoms with Crippen molar-refractivity contribution in [2.45, 2.75) is 69.6 Å². The van der Waals surface area contributed by atoms with Gasteiger partial charge in [-0.25, -0.2) is 4.98 Å². The Morgan fingerprint density at radius 2 is 1.61 bits per heavy atom. The molecule has 0 radical (unpaired) electrons. The van der Waals surface area contributed by atoms with E-state index < -0.39 is 44.5 Å². The van der Waals surface area contributed by atoms with Gasteiger partial charge in [-0.3, -0.25) is 23.7 Å². The number of rotatable bonds is 18. The topological polar surface area (TPSA) is 260 Å². The summed E-state index contributed by atoms with van der Waals surface area (Å²) in [4.78, 5) is 60.6. The van der Waals surface area contributed by atoms with Gasteiger partial charge in [0.25, 0.3) is 13.4 Å². The molecule has 20 heteroatoms. The second-order valence-corrected chi connectivity index (χ2v) is 15.8. The number of nitrogens with two attached hydrogens (primary N) is 1. The fraction of sp³-hybridized carbons (Fsp3) is 0.486. The van der Waals surface area contributed by atoms with E-state index >= 15 is 0 Å². The molecule has 57 heavy (non-hydrogen) atoms. The van der Waals surface area contributed by atoms with Crippen LogP contribution < -0.4 is 41.2 Å². The smallest absolute Gasteiger partial charge is 0.280 e. The first-order chi connectivity index (χ1) is 27.1. The van der Waals surface area contributed by atoms with Gasteiger partial charge < -0.3 is 55.4 Å². The van der Waals surface area contributed by atoms with Crippen molar-refractivity contribution in [3.8, 4) is 0 Å². The average Bonchev–Trinajstić information content (AvgIpc) is 3.65. The first-order valence-electron chi connectivity index (χ1n) is 18.8. The van der Waals surface area contributed by atoms with Crippen molar-refractivity contribution in [2.75, 3.05) is 68.7 Å². The lowest BCUT2D eigenvalue weighted by molar-refractivity contribution is -0.645. The molecule has 2 aromatic carbocycles. The summed E-state index contributed by atoms with van der Waals surface area (Å²) in [5.74, 6) is -0.120. The Bertz CT molecular complexity index is 2260. The van der Waals surface area contributed by atoms with Gasteiger partial charge in [0.05, 0.1) is 6.61 Å². The fourth-order valence-corrected chi connectivity index (χ4v) is 7.34. The van der Waals surface area contributed by atoms with Gasteiger partial charge in [-0.15, -0.1) is 0 Å². The summed E-state index contributed by atoms with van der Waals surface area (Å²) in [6, 6.07) is 15.1. The molecule has 6 rings (SSSR count). The van der Waals surface area contributed by atoms with Crippen molar-refractivity contribution >= 4 is 70.0 Å². The van der Waals surface area contributed by atoms with Gasteiger partial charge in [0.15, 0.2) is 17.4 Å². The lowest BCUT2D eigenvalue weighted by Crippen LogP contribution is -2.37. The van der Waals surface area contributed by atoms with Gasteiger partial charge in [-0.1, -0.05) is 12.8 Å². The van der Waals surface area contributed by atoms with Crippen LogP contribution in [0.1, 0.15) is 44.8 Å². The monoisotopic (exact) mass is 810 g/mol. The van der Waals surface area contributed by atoms with E-state index in [2.05, 4.69) is 86.9 Å². The van der Waals surface area contributed by atoms with Gasteiger partial charge in [-0.05, 0) is 43.2 Å². The van der Waals surface area contributed by atoms with E-state index in [0.717, 1.165) is 52.4 Å². The number of aliphatic hydroxyl groups excluding tert-OH is 2. The number of H-pyrrole nitrogens is 1. The van der Waals surface area contributed by atoms with Crippen LogP contribution in [0.15, 0.2) is 47.3 Å². The third-order valence-corrected chi connectivity index (χ3v) is 10.5. The minimum absolute atomic E-state index is 0.00143. The number of benzene rings is 2. The number of anilines is 4. The maximum absolute atomic E-state index is 12.9. The van der Waals surface area contributed by atoms with Gasteiger partial charge in [-0.2, -0.15) is 9.55 Å². The Kier molecular flexibility index (Phi) is 13.0. The molecule has 0 aliphatic carbocycles. The molecule has 8 N–H and O–H groups in total. The van der Waals surface area contributed by atoms with Crippen molar-refractivity contribution < 1.29 is 43.2 Å². The Hall–Kier alpha value is -4.88. The van der Waals surface area contributed by atoms with Gasteiger partial charge in [0.1, 0.15) is 24.9 Å². The molecule has 5 aromatic rings. The van der Waals surface area contributed by atoms with Crippen LogP contribution >= 0.6 is 7.82 Å². The quantitative estimate of drug-likeness (QED) is 0.0283. The van der Waals surface area contributed by atoms with Crippen molar-refractivity contribution in [3.05, 3.63) is 52.8 Å². The molecule has 1 aliphatic heterocycles. The number of fused-ring (bicyclic) bond motifs is 3. The van der Waals surface area contributed by atoms with E-state index in [1.165, 1.54) is 4.57 Å². The van der Waals surface area contributed by atoms with Crippen LogP contribution in [0.2, 0.25) is 0 Å². The van der Waals surface area contributed by atoms with E-state index in [1.54, 1.807) is 0 Å². The predicted molar refractivity (Wildman–Crippen MR) is 214 cm³/mol. The van der Waals surface area contributed by atoms with Gasteiger partial charge in [0, 0.05) is 88.4 Å². The van der Waals surface area contributed by atoms with Crippen LogP contribution in [-0.4, -0.2) is 107 Å². The molecular formula is C37H51N10O9P. The highest BCUT2D eigenvalue weighted by Gasteiger charge is 2.46. The third kappa shape index (κ3) is 9.81. The highest BCUT2D eigenvalue weighted by atomic mass is 31.2. The number of hydrogen-bond acceptors (Lipinski definition) is 14. The second kappa shape index (κ2) is 17.7. The number of pyridine rings is 1. The maximum atomic E-state index is 12.9. The number of amides is 1. The summed E-state index contributed by atoms with van der Waals surface area (Å²) in [5, 5.41) is 29.8. The number of hydrogen-bond donors (Lipinski definition) is 7. The normalized spacial score (nSPS) is 19.3. The number of phosphoric acid groups is 1. The molecule has 0 spiro atoms. The van der Waals surface area contributed by atoms with Crippen molar-refractivity contribution in [2.24, 2.45) is 0 Å². The molecule has 1 amide bonds. The van der Waals surface area contributed by atoms with E-state index in [0.29, 0.717) is 38.9 Å². The summed E-state index contributed by atoms with van der Waals surface area (Å²) in [6.07, 6.45) is -1.75. The number of nitrogens with zero attached hydrogens (tertiary/aromatic N) is 6. The number of nitrogen functional groups attached to an aromatic ring is 1. The third-order valence-electron chi connectivity index (χ3n) is 10.0. The number of aryl methyl sites for hydroxylation is 1. The summed E-state index contributed by atoms with van der Waals surface area (Å²) >= 11 is 0. The maximum Gasteiger partial charge on any atom is 0.280 e. The number of unbranched alkanes of at least 4 members (excludes halogenated alkanes) is 3.